The van der Waals surface area contributed by atoms with Crippen LogP contribution in [0.1, 0.15) is 63.4 Å². The molecular formula is C38H56N6O12P+. The molecule has 1 aromatic heterocycles. The molecule has 1 aromatic carbocycles. The molecule has 0 radical (unpaired) electrons. The van der Waals surface area contributed by atoms with Crippen LogP contribution >= 0.6 is 7.60 Å². The zero-order valence-corrected chi connectivity index (χ0v) is 34.1. The van der Waals surface area contributed by atoms with Gasteiger partial charge in [-0.3, -0.25) is 19.1 Å². The number of hydrogen-bond donors (Lipinski definition) is 2. The number of aromatic nitrogens is 2. The summed E-state index contributed by atoms with van der Waals surface area (Å²) < 4.78 is 33.8. The monoisotopic (exact) mass is 819 g/mol. The third-order valence-corrected chi connectivity index (χ3v) is 10.6. The number of hydrogen-bond acceptors (Lipinski definition) is 13. The number of ether oxygens (including phenoxy) is 4. The number of quaternary nitrogens is 1. The summed E-state index contributed by atoms with van der Waals surface area (Å²) in [6.07, 6.45) is 1.20. The quantitative estimate of drug-likeness (QED) is 0.0686. The maximum atomic E-state index is 15.1. The Morgan fingerprint density at radius 1 is 0.912 bits per heavy atom. The molecule has 2 atom stereocenters. The van der Waals surface area contributed by atoms with Gasteiger partial charge in [0.15, 0.2) is 18.4 Å². The number of amides is 3. The van der Waals surface area contributed by atoms with Crippen molar-refractivity contribution < 1.29 is 61.8 Å². The average Bonchev–Trinajstić information content (AvgIpc) is 3.70. The SMILES string of the molecule is CCCCOC(=O)N1CC[N+](CC(=O)OCCC)(C(=O)[C@H](CP(=O)(O)O)N(CC(=O)OCCC)C(=O)c2cc(N3CC[C@H](OC)C3)nc(-c3ccccc3)n2)CC1. The lowest BCUT2D eigenvalue weighted by Crippen LogP contribution is -2.69. The van der Waals surface area contributed by atoms with Gasteiger partial charge in [-0.15, -0.1) is 0 Å². The van der Waals surface area contributed by atoms with Gasteiger partial charge in [-0.25, -0.2) is 28.8 Å². The largest absolute Gasteiger partial charge is 0.464 e. The van der Waals surface area contributed by atoms with E-state index in [2.05, 4.69) is 4.98 Å². The Labute approximate surface area is 333 Å². The van der Waals surface area contributed by atoms with Crippen molar-refractivity contribution in [2.75, 3.05) is 90.4 Å². The Morgan fingerprint density at radius 3 is 2.18 bits per heavy atom. The highest BCUT2D eigenvalue weighted by atomic mass is 31.2. The molecule has 57 heavy (non-hydrogen) atoms. The number of piperazine rings is 1. The Hall–Kier alpha value is -4.48. The summed E-state index contributed by atoms with van der Waals surface area (Å²) >= 11 is 0. The summed E-state index contributed by atoms with van der Waals surface area (Å²) in [4.78, 5) is 104. The lowest BCUT2D eigenvalue weighted by atomic mass is 10.1. The van der Waals surface area contributed by atoms with E-state index in [-0.39, 0.29) is 63.6 Å². The van der Waals surface area contributed by atoms with Gasteiger partial charge in [-0.05, 0) is 25.7 Å². The van der Waals surface area contributed by atoms with Crippen molar-refractivity contribution in [3.8, 4) is 11.4 Å². The molecule has 4 rings (SSSR count). The predicted molar refractivity (Wildman–Crippen MR) is 207 cm³/mol. The van der Waals surface area contributed by atoms with E-state index in [0.29, 0.717) is 50.2 Å². The number of nitrogens with zero attached hydrogens (tertiary/aromatic N) is 6. The van der Waals surface area contributed by atoms with E-state index < -0.39 is 67.2 Å². The molecule has 0 spiro atoms. The van der Waals surface area contributed by atoms with Crippen LogP contribution < -0.4 is 4.90 Å². The molecule has 3 amide bonds. The Kier molecular flexibility index (Phi) is 16.9. The summed E-state index contributed by atoms with van der Waals surface area (Å²) in [5.41, 5.74) is 0.314. The van der Waals surface area contributed by atoms with Crippen molar-refractivity contribution in [1.29, 1.82) is 0 Å². The summed E-state index contributed by atoms with van der Waals surface area (Å²) in [6.45, 7) is 4.87. The zero-order valence-electron chi connectivity index (χ0n) is 33.2. The number of unbranched alkanes of at least 4 members (excludes halogenated alkanes) is 1. The first kappa shape index (κ1) is 45.2. The molecule has 2 aliphatic heterocycles. The van der Waals surface area contributed by atoms with Crippen LogP contribution in [0.25, 0.3) is 11.4 Å². The highest BCUT2D eigenvalue weighted by Gasteiger charge is 2.51. The summed E-state index contributed by atoms with van der Waals surface area (Å²) in [5.74, 6) is -3.09. The number of esters is 2. The third kappa shape index (κ3) is 12.8. The topological polar surface area (TPSA) is 215 Å². The average molecular weight is 820 g/mol. The molecule has 0 unspecified atom stereocenters. The van der Waals surface area contributed by atoms with E-state index in [4.69, 9.17) is 23.9 Å². The molecule has 0 saturated carbocycles. The Balaban J connectivity index is 1.83. The molecule has 18 nitrogen and oxygen atoms in total. The standard InChI is InChI=1S/C38H55N6O12P/c1-5-8-22-56-38(49)41-16-18-44(19-17-41,26-34(46)55-21-7-3)37(48)31(27-57(50,51)52)43(25-33(45)54-20-6-2)36(47)30-23-32(42-15-14-29(24-42)53-4)40-35(39-30)28-12-10-9-11-13-28/h9-13,23,29,31H,5-8,14-22,24-27H2,1-4H3,(H-,50,51,52)/p+1/t29-,31-/m0/s1. The smallest absolute Gasteiger partial charge is 0.410 e. The van der Waals surface area contributed by atoms with Crippen LogP contribution in [-0.4, -0.2) is 161 Å². The van der Waals surface area contributed by atoms with E-state index in [1.54, 1.807) is 51.3 Å². The van der Waals surface area contributed by atoms with Crippen LogP contribution in [0.5, 0.6) is 0 Å². The van der Waals surface area contributed by atoms with Crippen molar-refractivity contribution in [2.45, 2.75) is 65.0 Å². The van der Waals surface area contributed by atoms with E-state index in [1.807, 2.05) is 11.8 Å². The fourth-order valence-corrected chi connectivity index (χ4v) is 7.47. The van der Waals surface area contributed by atoms with Crippen LogP contribution in [0, 0.1) is 0 Å². The predicted octanol–water partition coefficient (Wildman–Crippen LogP) is 2.86. The molecule has 2 saturated heterocycles. The fraction of sp³-hybridized carbons (Fsp3) is 0.605. The van der Waals surface area contributed by atoms with Gasteiger partial charge in [0.05, 0.1) is 45.2 Å². The Morgan fingerprint density at radius 2 is 1.58 bits per heavy atom. The number of rotatable bonds is 19. The van der Waals surface area contributed by atoms with Crippen LogP contribution in [-0.2, 0) is 37.9 Å². The van der Waals surface area contributed by atoms with Crippen LogP contribution in [0.15, 0.2) is 36.4 Å². The second-order valence-corrected chi connectivity index (χ2v) is 15.9. The highest BCUT2D eigenvalue weighted by molar-refractivity contribution is 7.51. The summed E-state index contributed by atoms with van der Waals surface area (Å²) in [7, 11) is -3.53. The molecule has 2 fully saturated rings. The number of benzene rings is 1. The van der Waals surface area contributed by atoms with E-state index in [9.17, 15) is 33.5 Å². The minimum Gasteiger partial charge on any atom is -0.464 e. The third-order valence-electron chi connectivity index (χ3n) is 9.81. The molecule has 2 N–H and O–H groups in total. The van der Waals surface area contributed by atoms with Gasteiger partial charge in [0, 0.05) is 31.8 Å². The van der Waals surface area contributed by atoms with Crippen LogP contribution in [0.3, 0.4) is 0 Å². The molecule has 3 heterocycles. The number of carbonyl (C=O) groups is 5. The second kappa shape index (κ2) is 21.3. The molecule has 0 bridgehead atoms. The highest BCUT2D eigenvalue weighted by Crippen LogP contribution is 2.38. The van der Waals surface area contributed by atoms with Crippen molar-refractivity contribution >= 4 is 43.3 Å². The van der Waals surface area contributed by atoms with Gasteiger partial charge in [0.1, 0.15) is 31.1 Å². The van der Waals surface area contributed by atoms with E-state index in [1.165, 1.54) is 11.0 Å². The first-order valence-corrected chi connectivity index (χ1v) is 21.2. The zero-order chi connectivity index (χ0) is 41.6. The van der Waals surface area contributed by atoms with Crippen LogP contribution in [0.4, 0.5) is 10.6 Å². The molecule has 2 aliphatic rings. The number of anilines is 1. The minimum absolute atomic E-state index is 0.0170. The maximum Gasteiger partial charge on any atom is 0.410 e. The maximum absolute atomic E-state index is 15.1. The van der Waals surface area contributed by atoms with Crippen LogP contribution in [0.2, 0.25) is 0 Å². The first-order chi connectivity index (χ1) is 27.2. The van der Waals surface area contributed by atoms with Crippen molar-refractivity contribution in [2.24, 2.45) is 0 Å². The summed E-state index contributed by atoms with van der Waals surface area (Å²) in [5, 5.41) is 0. The molecule has 2 aromatic rings. The minimum atomic E-state index is -5.13. The van der Waals surface area contributed by atoms with Gasteiger partial charge in [0.2, 0.25) is 0 Å². The van der Waals surface area contributed by atoms with Gasteiger partial charge >= 0.3 is 31.5 Å². The normalized spacial score (nSPS) is 17.1. The second-order valence-electron chi connectivity index (χ2n) is 14.2. The summed E-state index contributed by atoms with van der Waals surface area (Å²) in [6, 6.07) is 8.29. The number of carbonyl (C=O) groups excluding carboxylic acids is 5. The van der Waals surface area contributed by atoms with Crippen molar-refractivity contribution in [3.05, 3.63) is 42.1 Å². The molecule has 0 aliphatic carbocycles. The lowest BCUT2D eigenvalue weighted by molar-refractivity contribution is -0.852. The van der Waals surface area contributed by atoms with Crippen molar-refractivity contribution in [1.82, 2.24) is 19.8 Å². The molecular weight excluding hydrogens is 763 g/mol. The molecule has 19 heteroatoms. The lowest BCUT2D eigenvalue weighted by Gasteiger charge is -2.44. The Bertz CT molecular complexity index is 1740. The molecule has 314 valence electrons. The van der Waals surface area contributed by atoms with Gasteiger partial charge in [0.25, 0.3) is 5.91 Å². The van der Waals surface area contributed by atoms with Gasteiger partial charge in [-0.1, -0.05) is 57.5 Å². The van der Waals surface area contributed by atoms with Crippen molar-refractivity contribution in [3.63, 3.8) is 0 Å². The fourth-order valence-electron chi connectivity index (χ4n) is 6.66. The van der Waals surface area contributed by atoms with Gasteiger partial charge < -0.3 is 38.5 Å². The first-order valence-electron chi connectivity index (χ1n) is 19.4. The van der Waals surface area contributed by atoms with Gasteiger partial charge in [-0.2, -0.15) is 0 Å². The van der Waals surface area contributed by atoms with E-state index in [0.717, 1.165) is 11.3 Å². The van der Waals surface area contributed by atoms with E-state index >= 15 is 4.79 Å². The number of methoxy groups -OCH3 is 1.